The van der Waals surface area contributed by atoms with Gasteiger partial charge in [0.2, 0.25) is 0 Å². The van der Waals surface area contributed by atoms with E-state index in [1.807, 2.05) is 0 Å². The zero-order valence-corrected chi connectivity index (χ0v) is 10.0. The molecule has 1 aromatic carbocycles. The summed E-state index contributed by atoms with van der Waals surface area (Å²) < 4.78 is 0. The van der Waals surface area contributed by atoms with E-state index in [0.717, 1.165) is 6.42 Å². The van der Waals surface area contributed by atoms with Crippen molar-refractivity contribution in [1.29, 1.82) is 0 Å². The molecule has 1 fully saturated rings. The van der Waals surface area contributed by atoms with Crippen molar-refractivity contribution in [2.24, 2.45) is 0 Å². The van der Waals surface area contributed by atoms with Crippen molar-refractivity contribution >= 4 is 5.69 Å². The fraction of sp³-hybridized carbons (Fsp3) is 0.571. The summed E-state index contributed by atoms with van der Waals surface area (Å²) in [6.07, 6.45) is 3.79. The van der Waals surface area contributed by atoms with E-state index in [9.17, 15) is 0 Å². The quantitative estimate of drug-likeness (QED) is 0.709. The number of rotatable bonds is 2. The highest BCUT2D eigenvalue weighted by molar-refractivity contribution is 5.50. The smallest absolute Gasteiger partial charge is 0.0371 e. The lowest BCUT2D eigenvalue weighted by Gasteiger charge is -2.28. The molecule has 1 aromatic rings. The SMILES string of the molecule is CCc1ccc(N2C(C)CCC2C)cc1. The van der Waals surface area contributed by atoms with E-state index >= 15 is 0 Å². The van der Waals surface area contributed by atoms with Gasteiger partial charge in [-0.3, -0.25) is 0 Å². The highest BCUT2D eigenvalue weighted by atomic mass is 15.2. The number of benzene rings is 1. The van der Waals surface area contributed by atoms with Gasteiger partial charge in [0.05, 0.1) is 0 Å². The first kappa shape index (κ1) is 10.5. The second-order valence-electron chi connectivity index (χ2n) is 4.70. The lowest BCUT2D eigenvalue weighted by Crippen LogP contribution is -2.32. The van der Waals surface area contributed by atoms with Crippen LogP contribution in [0.5, 0.6) is 0 Å². The van der Waals surface area contributed by atoms with Crippen LogP contribution in [0.15, 0.2) is 24.3 Å². The van der Waals surface area contributed by atoms with Crippen molar-refractivity contribution in [1.82, 2.24) is 0 Å². The van der Waals surface area contributed by atoms with Gasteiger partial charge >= 0.3 is 0 Å². The maximum absolute atomic E-state index is 2.55. The molecule has 0 bridgehead atoms. The van der Waals surface area contributed by atoms with Gasteiger partial charge in [0, 0.05) is 17.8 Å². The Kier molecular flexibility index (Phi) is 2.99. The predicted octanol–water partition coefficient (Wildman–Crippen LogP) is 3.63. The van der Waals surface area contributed by atoms with Crippen molar-refractivity contribution in [2.75, 3.05) is 4.90 Å². The van der Waals surface area contributed by atoms with Crippen LogP contribution >= 0.6 is 0 Å². The predicted molar refractivity (Wildman–Crippen MR) is 66.5 cm³/mol. The zero-order chi connectivity index (χ0) is 10.8. The number of hydrogen-bond acceptors (Lipinski definition) is 1. The van der Waals surface area contributed by atoms with Gasteiger partial charge in [-0.1, -0.05) is 19.1 Å². The molecule has 0 amide bonds. The van der Waals surface area contributed by atoms with Crippen LogP contribution in [0.4, 0.5) is 5.69 Å². The van der Waals surface area contributed by atoms with E-state index in [1.165, 1.54) is 24.1 Å². The Hall–Kier alpha value is -0.980. The van der Waals surface area contributed by atoms with Crippen molar-refractivity contribution in [2.45, 2.75) is 52.1 Å². The Morgan fingerprint density at radius 1 is 1.07 bits per heavy atom. The third-order valence-corrected chi connectivity index (χ3v) is 3.59. The molecule has 1 heterocycles. The Morgan fingerprint density at radius 2 is 1.60 bits per heavy atom. The summed E-state index contributed by atoms with van der Waals surface area (Å²) in [5.41, 5.74) is 2.82. The molecule has 1 saturated heterocycles. The first-order chi connectivity index (χ1) is 7.22. The normalized spacial score (nSPS) is 25.9. The van der Waals surface area contributed by atoms with Gasteiger partial charge < -0.3 is 4.90 Å². The summed E-state index contributed by atoms with van der Waals surface area (Å²) in [6, 6.07) is 10.5. The molecule has 82 valence electrons. The topological polar surface area (TPSA) is 3.24 Å². The molecule has 2 atom stereocenters. The van der Waals surface area contributed by atoms with Crippen molar-refractivity contribution in [3.63, 3.8) is 0 Å². The molecule has 0 aromatic heterocycles. The van der Waals surface area contributed by atoms with Gasteiger partial charge in [-0.25, -0.2) is 0 Å². The Balaban J connectivity index is 2.21. The van der Waals surface area contributed by atoms with E-state index in [4.69, 9.17) is 0 Å². The van der Waals surface area contributed by atoms with E-state index in [1.54, 1.807) is 0 Å². The van der Waals surface area contributed by atoms with Crippen LogP contribution in [-0.2, 0) is 6.42 Å². The molecule has 1 aliphatic rings. The first-order valence-corrected chi connectivity index (χ1v) is 6.09. The summed E-state index contributed by atoms with van der Waals surface area (Å²) in [5.74, 6) is 0. The highest BCUT2D eigenvalue weighted by Gasteiger charge is 2.26. The van der Waals surface area contributed by atoms with Crippen LogP contribution < -0.4 is 4.90 Å². The molecule has 0 radical (unpaired) electrons. The molecule has 15 heavy (non-hydrogen) atoms. The third-order valence-electron chi connectivity index (χ3n) is 3.59. The maximum atomic E-state index is 2.55. The fourth-order valence-electron chi connectivity index (χ4n) is 2.61. The summed E-state index contributed by atoms with van der Waals surface area (Å²) in [6.45, 7) is 6.87. The lowest BCUT2D eigenvalue weighted by molar-refractivity contribution is 0.694. The number of nitrogens with zero attached hydrogens (tertiary/aromatic N) is 1. The average molecular weight is 203 g/mol. The van der Waals surface area contributed by atoms with Gasteiger partial charge in [-0.2, -0.15) is 0 Å². The van der Waals surface area contributed by atoms with Crippen LogP contribution in [0.2, 0.25) is 0 Å². The van der Waals surface area contributed by atoms with Gasteiger partial charge in [0.25, 0.3) is 0 Å². The van der Waals surface area contributed by atoms with Crippen LogP contribution in [0.25, 0.3) is 0 Å². The fourth-order valence-corrected chi connectivity index (χ4v) is 2.61. The van der Waals surface area contributed by atoms with Crippen LogP contribution in [0.1, 0.15) is 39.2 Å². The third kappa shape index (κ3) is 2.01. The summed E-state index contributed by atoms with van der Waals surface area (Å²) in [7, 11) is 0. The Labute approximate surface area is 93.1 Å². The van der Waals surface area contributed by atoms with Crippen LogP contribution in [-0.4, -0.2) is 12.1 Å². The molecule has 2 rings (SSSR count). The minimum atomic E-state index is 0.701. The second kappa shape index (κ2) is 4.26. The van der Waals surface area contributed by atoms with Crippen molar-refractivity contribution in [3.05, 3.63) is 29.8 Å². The number of aryl methyl sites for hydroxylation is 1. The van der Waals surface area contributed by atoms with Gasteiger partial charge in [-0.05, 0) is 50.8 Å². The highest BCUT2D eigenvalue weighted by Crippen LogP contribution is 2.30. The van der Waals surface area contributed by atoms with Gasteiger partial charge in [0.15, 0.2) is 0 Å². The maximum Gasteiger partial charge on any atom is 0.0371 e. The summed E-state index contributed by atoms with van der Waals surface area (Å²) in [4.78, 5) is 2.55. The van der Waals surface area contributed by atoms with Gasteiger partial charge in [0.1, 0.15) is 0 Å². The number of anilines is 1. The zero-order valence-electron chi connectivity index (χ0n) is 10.0. The van der Waals surface area contributed by atoms with Crippen LogP contribution in [0, 0.1) is 0 Å². The molecular formula is C14H21N. The largest absolute Gasteiger partial charge is 0.366 e. The molecule has 0 spiro atoms. The van der Waals surface area contributed by atoms with E-state index < -0.39 is 0 Å². The Bertz CT molecular complexity index is 305. The summed E-state index contributed by atoms with van der Waals surface area (Å²) in [5, 5.41) is 0. The minimum absolute atomic E-state index is 0.701. The minimum Gasteiger partial charge on any atom is -0.366 e. The molecule has 1 aliphatic heterocycles. The molecular weight excluding hydrogens is 182 g/mol. The molecule has 1 nitrogen and oxygen atoms in total. The van der Waals surface area contributed by atoms with E-state index in [2.05, 4.69) is 49.9 Å². The van der Waals surface area contributed by atoms with Crippen LogP contribution in [0.3, 0.4) is 0 Å². The molecule has 0 saturated carbocycles. The lowest BCUT2D eigenvalue weighted by atomic mass is 10.1. The molecule has 1 heteroatoms. The average Bonchev–Trinajstić information content (AvgIpc) is 2.59. The summed E-state index contributed by atoms with van der Waals surface area (Å²) >= 11 is 0. The standard InChI is InChI=1S/C14H21N/c1-4-13-7-9-14(10-8-13)15-11(2)5-6-12(15)3/h7-12H,4-6H2,1-3H3. The monoisotopic (exact) mass is 203 g/mol. The van der Waals surface area contributed by atoms with Crippen molar-refractivity contribution in [3.8, 4) is 0 Å². The van der Waals surface area contributed by atoms with E-state index in [-0.39, 0.29) is 0 Å². The second-order valence-corrected chi connectivity index (χ2v) is 4.70. The molecule has 0 aliphatic carbocycles. The molecule has 0 N–H and O–H groups in total. The first-order valence-electron chi connectivity index (χ1n) is 6.09. The van der Waals surface area contributed by atoms with Gasteiger partial charge in [-0.15, -0.1) is 0 Å². The van der Waals surface area contributed by atoms with E-state index in [0.29, 0.717) is 12.1 Å². The van der Waals surface area contributed by atoms with Crippen molar-refractivity contribution < 1.29 is 0 Å². The molecule has 2 unspecified atom stereocenters. The Morgan fingerprint density at radius 3 is 2.07 bits per heavy atom. The number of hydrogen-bond donors (Lipinski definition) is 0.